The monoisotopic (exact) mass is 373 g/mol. The van der Waals surface area contributed by atoms with Crippen molar-refractivity contribution in [2.75, 3.05) is 20.2 Å². The highest BCUT2D eigenvalue weighted by Gasteiger charge is 2.29. The van der Waals surface area contributed by atoms with Crippen LogP contribution in [0, 0.1) is 19.8 Å². The average molecular weight is 373 g/mol. The molecule has 1 amide bonds. The standard InChI is InChI=1S/C20H23NO6/c1-11-7-15(26-3)18-12(2)14(20(25)27-16(18)8-11)9-17(22)21-6-4-5-13(10-21)19(23)24/h7-8,13H,4-6,9-10H2,1-3H3,(H,23,24). The quantitative estimate of drug-likeness (QED) is 0.826. The molecule has 1 saturated heterocycles. The van der Waals surface area contributed by atoms with E-state index in [-0.39, 0.29) is 24.4 Å². The number of aliphatic carboxylic acids is 1. The first-order chi connectivity index (χ1) is 12.8. The van der Waals surface area contributed by atoms with Crippen molar-refractivity contribution in [3.63, 3.8) is 0 Å². The van der Waals surface area contributed by atoms with Gasteiger partial charge in [-0.3, -0.25) is 9.59 Å². The van der Waals surface area contributed by atoms with Gasteiger partial charge in [-0.05, 0) is 49.9 Å². The second kappa shape index (κ2) is 7.42. The number of ether oxygens (including phenoxy) is 1. The molecule has 1 aliphatic heterocycles. The van der Waals surface area contributed by atoms with E-state index < -0.39 is 17.5 Å². The molecule has 2 heterocycles. The summed E-state index contributed by atoms with van der Waals surface area (Å²) >= 11 is 0. The van der Waals surface area contributed by atoms with Gasteiger partial charge in [0.25, 0.3) is 0 Å². The Bertz CT molecular complexity index is 961. The average Bonchev–Trinajstić information content (AvgIpc) is 2.63. The fraction of sp³-hybridized carbons (Fsp3) is 0.450. The molecule has 144 valence electrons. The minimum atomic E-state index is -0.894. The molecule has 0 radical (unpaired) electrons. The van der Waals surface area contributed by atoms with Crippen molar-refractivity contribution in [1.82, 2.24) is 4.90 Å². The van der Waals surface area contributed by atoms with Gasteiger partial charge in [0.05, 0.1) is 30.4 Å². The summed E-state index contributed by atoms with van der Waals surface area (Å²) in [4.78, 5) is 37.9. The second-order valence-corrected chi connectivity index (χ2v) is 7.03. The van der Waals surface area contributed by atoms with Crippen LogP contribution in [-0.2, 0) is 16.0 Å². The zero-order chi connectivity index (χ0) is 19.7. The summed E-state index contributed by atoms with van der Waals surface area (Å²) < 4.78 is 10.9. The lowest BCUT2D eigenvalue weighted by Crippen LogP contribution is -2.43. The Labute approximate surface area is 156 Å². The highest BCUT2D eigenvalue weighted by molar-refractivity contribution is 5.89. The lowest BCUT2D eigenvalue weighted by Gasteiger charge is -2.30. The van der Waals surface area contributed by atoms with E-state index in [9.17, 15) is 19.5 Å². The molecule has 0 aliphatic carbocycles. The van der Waals surface area contributed by atoms with Crippen molar-refractivity contribution in [1.29, 1.82) is 0 Å². The molecule has 1 aromatic heterocycles. The maximum atomic E-state index is 12.7. The van der Waals surface area contributed by atoms with Crippen LogP contribution in [0.25, 0.3) is 11.0 Å². The molecule has 1 fully saturated rings. The minimum absolute atomic E-state index is 0.118. The number of fused-ring (bicyclic) bond motifs is 1. The summed E-state index contributed by atoms with van der Waals surface area (Å²) in [5.41, 5.74) is 1.71. The van der Waals surface area contributed by atoms with Gasteiger partial charge in [0.15, 0.2) is 0 Å². The molecule has 0 spiro atoms. The molecule has 2 aromatic rings. The Kier molecular flexibility index (Phi) is 5.21. The lowest BCUT2D eigenvalue weighted by atomic mass is 9.97. The normalized spacial score (nSPS) is 17.1. The van der Waals surface area contributed by atoms with Crippen molar-refractivity contribution in [3.8, 4) is 5.75 Å². The number of amides is 1. The first kappa shape index (κ1) is 18.9. The van der Waals surface area contributed by atoms with Gasteiger partial charge in [-0.25, -0.2) is 4.79 Å². The number of hydrogen-bond donors (Lipinski definition) is 1. The number of aryl methyl sites for hydroxylation is 2. The van der Waals surface area contributed by atoms with Gasteiger partial charge in [-0.15, -0.1) is 0 Å². The molecule has 1 unspecified atom stereocenters. The van der Waals surface area contributed by atoms with Gasteiger partial charge in [0.1, 0.15) is 11.3 Å². The molecule has 1 aliphatic rings. The summed E-state index contributed by atoms with van der Waals surface area (Å²) in [6, 6.07) is 3.61. The highest BCUT2D eigenvalue weighted by Crippen LogP contribution is 2.31. The van der Waals surface area contributed by atoms with Crippen LogP contribution in [0.15, 0.2) is 21.3 Å². The molecular weight excluding hydrogens is 350 g/mol. The maximum Gasteiger partial charge on any atom is 0.340 e. The van der Waals surface area contributed by atoms with E-state index in [0.717, 1.165) is 5.56 Å². The number of benzene rings is 1. The molecule has 1 atom stereocenters. The minimum Gasteiger partial charge on any atom is -0.496 e. The molecule has 7 heteroatoms. The number of hydrogen-bond acceptors (Lipinski definition) is 5. The summed E-state index contributed by atoms with van der Waals surface area (Å²) in [7, 11) is 1.54. The highest BCUT2D eigenvalue weighted by atomic mass is 16.5. The summed E-state index contributed by atoms with van der Waals surface area (Å²) in [6.45, 7) is 4.33. The van der Waals surface area contributed by atoms with E-state index in [4.69, 9.17) is 9.15 Å². The van der Waals surface area contributed by atoms with Crippen molar-refractivity contribution in [2.24, 2.45) is 5.92 Å². The predicted molar refractivity (Wildman–Crippen MR) is 99.2 cm³/mol. The third kappa shape index (κ3) is 3.67. The van der Waals surface area contributed by atoms with Crippen LogP contribution in [0.3, 0.4) is 0 Å². The van der Waals surface area contributed by atoms with Crippen LogP contribution in [0.4, 0.5) is 0 Å². The summed E-state index contributed by atoms with van der Waals surface area (Å²) in [6.07, 6.45) is 1.08. The first-order valence-corrected chi connectivity index (χ1v) is 8.93. The zero-order valence-corrected chi connectivity index (χ0v) is 15.7. The van der Waals surface area contributed by atoms with E-state index in [0.29, 0.717) is 41.7 Å². The summed E-state index contributed by atoms with van der Waals surface area (Å²) in [5, 5.41) is 9.87. The molecule has 7 nitrogen and oxygen atoms in total. The second-order valence-electron chi connectivity index (χ2n) is 7.03. The number of carbonyl (C=O) groups is 2. The Morgan fingerprint density at radius 2 is 2.07 bits per heavy atom. The van der Waals surface area contributed by atoms with Crippen LogP contribution >= 0.6 is 0 Å². The predicted octanol–water partition coefficient (Wildman–Crippen LogP) is 2.28. The Balaban J connectivity index is 1.95. The van der Waals surface area contributed by atoms with E-state index in [1.807, 2.05) is 13.0 Å². The van der Waals surface area contributed by atoms with Crippen LogP contribution in [0.5, 0.6) is 5.75 Å². The topological polar surface area (TPSA) is 97.0 Å². The van der Waals surface area contributed by atoms with Gasteiger partial charge < -0.3 is 19.2 Å². The number of nitrogens with zero attached hydrogens (tertiary/aromatic N) is 1. The lowest BCUT2D eigenvalue weighted by molar-refractivity contribution is -0.145. The number of methoxy groups -OCH3 is 1. The number of likely N-dealkylation sites (tertiary alicyclic amines) is 1. The molecule has 1 N–H and O–H groups in total. The number of carboxylic acids is 1. The van der Waals surface area contributed by atoms with Crippen LogP contribution in [0.1, 0.15) is 29.5 Å². The molecule has 0 saturated carbocycles. The number of rotatable bonds is 4. The fourth-order valence-corrected chi connectivity index (χ4v) is 3.67. The smallest absolute Gasteiger partial charge is 0.340 e. The Morgan fingerprint density at radius 1 is 1.33 bits per heavy atom. The van der Waals surface area contributed by atoms with Gasteiger partial charge >= 0.3 is 11.6 Å². The maximum absolute atomic E-state index is 12.7. The Morgan fingerprint density at radius 3 is 2.74 bits per heavy atom. The van der Waals surface area contributed by atoms with Gasteiger partial charge in [-0.2, -0.15) is 0 Å². The molecule has 3 rings (SSSR count). The van der Waals surface area contributed by atoms with Crippen molar-refractivity contribution in [3.05, 3.63) is 39.2 Å². The van der Waals surface area contributed by atoms with Gasteiger partial charge in [0, 0.05) is 13.1 Å². The van der Waals surface area contributed by atoms with E-state index in [2.05, 4.69) is 0 Å². The number of carbonyl (C=O) groups excluding carboxylic acids is 1. The molecular formula is C20H23NO6. The summed E-state index contributed by atoms with van der Waals surface area (Å²) in [5.74, 6) is -1.13. The third-order valence-electron chi connectivity index (χ3n) is 5.16. The molecule has 0 bridgehead atoms. The Hall–Kier alpha value is -2.83. The molecule has 1 aromatic carbocycles. The molecule has 27 heavy (non-hydrogen) atoms. The van der Waals surface area contributed by atoms with Crippen molar-refractivity contribution in [2.45, 2.75) is 33.1 Å². The van der Waals surface area contributed by atoms with E-state index in [1.54, 1.807) is 20.1 Å². The first-order valence-electron chi connectivity index (χ1n) is 8.93. The van der Waals surface area contributed by atoms with E-state index >= 15 is 0 Å². The third-order valence-corrected chi connectivity index (χ3v) is 5.16. The van der Waals surface area contributed by atoms with Crippen molar-refractivity contribution >= 4 is 22.8 Å². The zero-order valence-electron chi connectivity index (χ0n) is 15.7. The van der Waals surface area contributed by atoms with Crippen LogP contribution < -0.4 is 10.4 Å². The van der Waals surface area contributed by atoms with Crippen molar-refractivity contribution < 1.29 is 23.8 Å². The fourth-order valence-electron chi connectivity index (χ4n) is 3.67. The van der Waals surface area contributed by atoms with Gasteiger partial charge in [-0.1, -0.05) is 0 Å². The number of piperidine rings is 1. The van der Waals surface area contributed by atoms with E-state index in [1.165, 1.54) is 4.90 Å². The SMILES string of the molecule is COc1cc(C)cc2oc(=O)c(CC(=O)N3CCCC(C(=O)O)C3)c(C)c12. The van der Waals surface area contributed by atoms with Crippen LogP contribution in [-0.4, -0.2) is 42.1 Å². The largest absolute Gasteiger partial charge is 0.496 e. The van der Waals surface area contributed by atoms with Crippen LogP contribution in [0.2, 0.25) is 0 Å². The van der Waals surface area contributed by atoms with Gasteiger partial charge in [0.2, 0.25) is 5.91 Å². The number of carboxylic acid groups (broad SMARTS) is 1.